The van der Waals surface area contributed by atoms with Gasteiger partial charge in [-0.15, -0.1) is 0 Å². The zero-order valence-corrected chi connectivity index (χ0v) is 11.2. The van der Waals surface area contributed by atoms with Gasteiger partial charge in [-0.1, -0.05) is 20.8 Å². The molecular weight excluding hydrogens is 196 g/mol. The SMILES string of the molecule is CCCN(C1CNC1)C1CCC(C)CC1C. The lowest BCUT2D eigenvalue weighted by Crippen LogP contribution is -2.61. The molecule has 1 saturated carbocycles. The summed E-state index contributed by atoms with van der Waals surface area (Å²) < 4.78 is 0. The lowest BCUT2D eigenvalue weighted by Gasteiger charge is -2.47. The standard InChI is InChI=1S/C14H28N2/c1-4-7-16(13-9-15-10-13)14-6-5-11(2)8-12(14)3/h11-15H,4-10H2,1-3H3. The predicted octanol–water partition coefficient (Wildman–Crippen LogP) is 2.49. The van der Waals surface area contributed by atoms with Crippen molar-refractivity contribution < 1.29 is 0 Å². The first-order valence-corrected chi connectivity index (χ1v) is 7.18. The Hall–Kier alpha value is -0.0800. The van der Waals surface area contributed by atoms with Crippen LogP contribution in [0.1, 0.15) is 46.5 Å². The van der Waals surface area contributed by atoms with E-state index in [0.717, 1.165) is 23.9 Å². The molecule has 1 saturated heterocycles. The lowest BCUT2D eigenvalue weighted by atomic mass is 9.78. The van der Waals surface area contributed by atoms with E-state index in [0.29, 0.717) is 0 Å². The van der Waals surface area contributed by atoms with E-state index in [1.165, 1.54) is 45.3 Å². The Morgan fingerprint density at radius 3 is 2.44 bits per heavy atom. The number of nitrogens with one attached hydrogen (secondary N) is 1. The maximum atomic E-state index is 3.42. The summed E-state index contributed by atoms with van der Waals surface area (Å²) in [5.74, 6) is 1.85. The van der Waals surface area contributed by atoms with Crippen LogP contribution in [-0.2, 0) is 0 Å². The highest BCUT2D eigenvalue weighted by Gasteiger charge is 2.35. The van der Waals surface area contributed by atoms with Crippen LogP contribution in [0.15, 0.2) is 0 Å². The normalized spacial score (nSPS) is 36.4. The fourth-order valence-corrected chi connectivity index (χ4v) is 3.53. The number of rotatable bonds is 4. The zero-order valence-electron chi connectivity index (χ0n) is 11.2. The number of hydrogen-bond acceptors (Lipinski definition) is 2. The molecule has 2 aliphatic rings. The van der Waals surface area contributed by atoms with Crippen LogP contribution in [0.5, 0.6) is 0 Å². The maximum Gasteiger partial charge on any atom is 0.0348 e. The molecule has 1 aliphatic heterocycles. The van der Waals surface area contributed by atoms with Gasteiger partial charge in [0.1, 0.15) is 0 Å². The van der Waals surface area contributed by atoms with Gasteiger partial charge in [0, 0.05) is 25.2 Å². The van der Waals surface area contributed by atoms with E-state index < -0.39 is 0 Å². The smallest absolute Gasteiger partial charge is 0.0348 e. The molecule has 2 heteroatoms. The Morgan fingerprint density at radius 2 is 1.94 bits per heavy atom. The minimum Gasteiger partial charge on any atom is -0.314 e. The van der Waals surface area contributed by atoms with E-state index in [1.807, 2.05) is 0 Å². The molecule has 0 aromatic rings. The first-order valence-electron chi connectivity index (χ1n) is 7.18. The van der Waals surface area contributed by atoms with Crippen molar-refractivity contribution in [3.05, 3.63) is 0 Å². The van der Waals surface area contributed by atoms with Crippen molar-refractivity contribution in [2.24, 2.45) is 11.8 Å². The average molecular weight is 224 g/mol. The molecule has 2 rings (SSSR count). The number of hydrogen-bond donors (Lipinski definition) is 1. The average Bonchev–Trinajstić information content (AvgIpc) is 2.14. The molecule has 0 bridgehead atoms. The van der Waals surface area contributed by atoms with Gasteiger partial charge in [0.25, 0.3) is 0 Å². The molecule has 16 heavy (non-hydrogen) atoms. The largest absolute Gasteiger partial charge is 0.314 e. The first kappa shape index (κ1) is 12.4. The van der Waals surface area contributed by atoms with Crippen molar-refractivity contribution in [3.63, 3.8) is 0 Å². The van der Waals surface area contributed by atoms with Crippen molar-refractivity contribution in [2.75, 3.05) is 19.6 Å². The monoisotopic (exact) mass is 224 g/mol. The molecule has 1 aliphatic carbocycles. The Balaban J connectivity index is 1.95. The summed E-state index contributed by atoms with van der Waals surface area (Å²) in [6.07, 6.45) is 5.61. The zero-order chi connectivity index (χ0) is 11.5. The third kappa shape index (κ3) is 2.60. The minimum atomic E-state index is 0.834. The van der Waals surface area contributed by atoms with E-state index in [-0.39, 0.29) is 0 Å². The molecule has 1 N–H and O–H groups in total. The second kappa shape index (κ2) is 5.50. The molecule has 0 aromatic heterocycles. The van der Waals surface area contributed by atoms with Gasteiger partial charge in [0.05, 0.1) is 0 Å². The molecule has 0 radical (unpaired) electrons. The molecule has 2 fully saturated rings. The van der Waals surface area contributed by atoms with Gasteiger partial charge in [-0.05, 0) is 44.1 Å². The van der Waals surface area contributed by atoms with E-state index in [1.54, 1.807) is 0 Å². The molecular formula is C14H28N2. The Kier molecular flexibility index (Phi) is 4.26. The van der Waals surface area contributed by atoms with E-state index in [2.05, 4.69) is 31.0 Å². The summed E-state index contributed by atoms with van der Waals surface area (Å²) >= 11 is 0. The van der Waals surface area contributed by atoms with Crippen LogP contribution in [0.2, 0.25) is 0 Å². The number of nitrogens with zero attached hydrogens (tertiary/aromatic N) is 1. The highest BCUT2D eigenvalue weighted by atomic mass is 15.3. The minimum absolute atomic E-state index is 0.834. The summed E-state index contributed by atoms with van der Waals surface area (Å²) in [7, 11) is 0. The van der Waals surface area contributed by atoms with Crippen LogP contribution in [0.3, 0.4) is 0 Å². The van der Waals surface area contributed by atoms with Gasteiger partial charge in [0.2, 0.25) is 0 Å². The second-order valence-electron chi connectivity index (χ2n) is 6.01. The maximum absolute atomic E-state index is 3.42. The summed E-state index contributed by atoms with van der Waals surface area (Å²) in [6.45, 7) is 10.9. The van der Waals surface area contributed by atoms with Gasteiger partial charge < -0.3 is 5.32 Å². The third-order valence-electron chi connectivity index (χ3n) is 4.52. The Bertz CT molecular complexity index is 213. The van der Waals surface area contributed by atoms with Gasteiger partial charge in [-0.2, -0.15) is 0 Å². The van der Waals surface area contributed by atoms with E-state index in [9.17, 15) is 0 Å². The molecule has 94 valence electrons. The summed E-state index contributed by atoms with van der Waals surface area (Å²) in [4.78, 5) is 2.81. The summed E-state index contributed by atoms with van der Waals surface area (Å²) in [5.41, 5.74) is 0. The molecule has 3 unspecified atom stereocenters. The van der Waals surface area contributed by atoms with Gasteiger partial charge in [0.15, 0.2) is 0 Å². The fraction of sp³-hybridized carbons (Fsp3) is 1.00. The molecule has 0 amide bonds. The van der Waals surface area contributed by atoms with Crippen molar-refractivity contribution in [2.45, 2.75) is 58.5 Å². The van der Waals surface area contributed by atoms with Crippen molar-refractivity contribution >= 4 is 0 Å². The van der Waals surface area contributed by atoms with E-state index in [4.69, 9.17) is 0 Å². The Morgan fingerprint density at radius 1 is 1.19 bits per heavy atom. The van der Waals surface area contributed by atoms with Crippen LogP contribution in [0.25, 0.3) is 0 Å². The van der Waals surface area contributed by atoms with Crippen LogP contribution < -0.4 is 5.32 Å². The van der Waals surface area contributed by atoms with Crippen LogP contribution in [0, 0.1) is 11.8 Å². The third-order valence-corrected chi connectivity index (χ3v) is 4.52. The van der Waals surface area contributed by atoms with E-state index >= 15 is 0 Å². The Labute approximate surface area is 101 Å². The molecule has 2 nitrogen and oxygen atoms in total. The summed E-state index contributed by atoms with van der Waals surface area (Å²) in [6, 6.07) is 1.70. The highest BCUT2D eigenvalue weighted by molar-refractivity contribution is 4.92. The van der Waals surface area contributed by atoms with Crippen molar-refractivity contribution in [1.82, 2.24) is 10.2 Å². The van der Waals surface area contributed by atoms with Gasteiger partial charge in [-0.25, -0.2) is 0 Å². The van der Waals surface area contributed by atoms with Crippen LogP contribution >= 0.6 is 0 Å². The fourth-order valence-electron chi connectivity index (χ4n) is 3.53. The molecule has 1 heterocycles. The van der Waals surface area contributed by atoms with Gasteiger partial charge in [-0.3, -0.25) is 4.90 Å². The first-order chi connectivity index (χ1) is 7.72. The van der Waals surface area contributed by atoms with Gasteiger partial charge >= 0.3 is 0 Å². The van der Waals surface area contributed by atoms with Crippen molar-refractivity contribution in [3.8, 4) is 0 Å². The van der Waals surface area contributed by atoms with Crippen molar-refractivity contribution in [1.29, 1.82) is 0 Å². The molecule has 0 spiro atoms. The second-order valence-corrected chi connectivity index (χ2v) is 6.01. The lowest BCUT2D eigenvalue weighted by molar-refractivity contribution is 0.0348. The topological polar surface area (TPSA) is 15.3 Å². The quantitative estimate of drug-likeness (QED) is 0.789. The highest BCUT2D eigenvalue weighted by Crippen LogP contribution is 2.33. The van der Waals surface area contributed by atoms with Crippen LogP contribution in [-0.4, -0.2) is 36.6 Å². The van der Waals surface area contributed by atoms with Crippen LogP contribution in [0.4, 0.5) is 0 Å². The molecule has 3 atom stereocenters. The molecule has 0 aromatic carbocycles. The summed E-state index contributed by atoms with van der Waals surface area (Å²) in [5, 5.41) is 3.42. The predicted molar refractivity (Wildman–Crippen MR) is 69.6 cm³/mol.